The van der Waals surface area contributed by atoms with Crippen molar-refractivity contribution in [2.75, 3.05) is 6.54 Å². The van der Waals surface area contributed by atoms with Gasteiger partial charge in [-0.25, -0.2) is 0 Å². The molecule has 1 atom stereocenters. The molecule has 0 spiro atoms. The van der Waals surface area contributed by atoms with E-state index < -0.39 is 6.10 Å². The molecule has 1 heterocycles. The first-order valence-electron chi connectivity index (χ1n) is 7.24. The quantitative estimate of drug-likeness (QED) is 0.812. The van der Waals surface area contributed by atoms with E-state index in [2.05, 4.69) is 5.32 Å². The number of aromatic nitrogens is 1. The minimum atomic E-state index is -0.508. The van der Waals surface area contributed by atoms with E-state index in [-0.39, 0.29) is 24.4 Å². The van der Waals surface area contributed by atoms with Crippen LogP contribution in [0.3, 0.4) is 0 Å². The number of rotatable bonds is 7. The van der Waals surface area contributed by atoms with Crippen molar-refractivity contribution in [1.82, 2.24) is 9.88 Å². The molecule has 4 nitrogen and oxygen atoms in total. The largest absolute Gasteiger partial charge is 0.391 e. The van der Waals surface area contributed by atoms with E-state index >= 15 is 0 Å². The van der Waals surface area contributed by atoms with Gasteiger partial charge in [-0.15, -0.1) is 0 Å². The second kappa shape index (κ2) is 7.70. The highest BCUT2D eigenvalue weighted by Crippen LogP contribution is 2.19. The van der Waals surface area contributed by atoms with Crippen molar-refractivity contribution in [2.45, 2.75) is 52.7 Å². The van der Waals surface area contributed by atoms with Gasteiger partial charge in [0.15, 0.2) is 0 Å². The van der Waals surface area contributed by atoms with Crippen molar-refractivity contribution in [3.8, 4) is 0 Å². The summed E-state index contributed by atoms with van der Waals surface area (Å²) in [6.45, 7) is 8.34. The van der Waals surface area contributed by atoms with Crippen LogP contribution < -0.4 is 5.32 Å². The van der Waals surface area contributed by atoms with Crippen LogP contribution in [0.4, 0.5) is 0 Å². The second-order valence-corrected chi connectivity index (χ2v) is 5.83. The third kappa shape index (κ3) is 4.25. The van der Waals surface area contributed by atoms with Crippen LogP contribution in [0.1, 0.15) is 57.1 Å². The zero-order valence-corrected chi connectivity index (χ0v) is 13.4. The fraction of sp³-hybridized carbons (Fsp3) is 0.667. The van der Waals surface area contributed by atoms with Gasteiger partial charge in [0.1, 0.15) is 5.69 Å². The first-order valence-corrected chi connectivity index (χ1v) is 7.62. The summed E-state index contributed by atoms with van der Waals surface area (Å²) in [7, 11) is 0. The predicted molar refractivity (Wildman–Crippen MR) is 82.2 cm³/mol. The van der Waals surface area contributed by atoms with Crippen molar-refractivity contribution < 1.29 is 9.90 Å². The number of carbonyl (C=O) groups is 1. The SMILES string of the molecule is CCC(CC)C(O)CNC(=O)c1cc(Cl)cn1C(C)C. The molecule has 0 bridgehead atoms. The Bertz CT molecular complexity index is 439. The lowest BCUT2D eigenvalue weighted by molar-refractivity contribution is 0.0809. The van der Waals surface area contributed by atoms with Crippen molar-refractivity contribution in [3.05, 3.63) is 23.0 Å². The number of aliphatic hydroxyl groups is 1. The Hall–Kier alpha value is -1.00. The molecule has 0 aliphatic rings. The number of nitrogens with zero attached hydrogens (tertiary/aromatic N) is 1. The Balaban J connectivity index is 2.68. The first kappa shape index (κ1) is 17.1. The van der Waals surface area contributed by atoms with Crippen molar-refractivity contribution >= 4 is 17.5 Å². The fourth-order valence-corrected chi connectivity index (χ4v) is 2.55. The summed E-state index contributed by atoms with van der Waals surface area (Å²) in [4.78, 5) is 12.2. The number of amides is 1. The van der Waals surface area contributed by atoms with Gasteiger partial charge in [0, 0.05) is 18.8 Å². The van der Waals surface area contributed by atoms with Crippen molar-refractivity contribution in [3.63, 3.8) is 0 Å². The fourth-order valence-electron chi connectivity index (χ4n) is 2.34. The van der Waals surface area contributed by atoms with Crippen LogP contribution in [0.25, 0.3) is 0 Å². The lowest BCUT2D eigenvalue weighted by atomic mass is 9.96. The Labute approximate surface area is 126 Å². The zero-order valence-electron chi connectivity index (χ0n) is 12.7. The van der Waals surface area contributed by atoms with Crippen molar-refractivity contribution in [1.29, 1.82) is 0 Å². The van der Waals surface area contributed by atoms with E-state index in [1.54, 1.807) is 12.3 Å². The molecule has 1 rings (SSSR count). The maximum absolute atomic E-state index is 12.2. The van der Waals surface area contributed by atoms with Gasteiger partial charge in [-0.1, -0.05) is 38.3 Å². The van der Waals surface area contributed by atoms with Gasteiger partial charge in [0.05, 0.1) is 11.1 Å². The number of halogens is 1. The molecule has 1 aromatic rings. The van der Waals surface area contributed by atoms with Gasteiger partial charge in [-0.3, -0.25) is 4.79 Å². The minimum absolute atomic E-state index is 0.159. The van der Waals surface area contributed by atoms with Crippen molar-refractivity contribution in [2.24, 2.45) is 5.92 Å². The molecule has 0 fully saturated rings. The summed E-state index contributed by atoms with van der Waals surface area (Å²) in [5.41, 5.74) is 0.529. The summed E-state index contributed by atoms with van der Waals surface area (Å²) in [5, 5.41) is 13.4. The number of carbonyl (C=O) groups excluding carboxylic acids is 1. The number of nitrogens with one attached hydrogen (secondary N) is 1. The van der Waals surface area contributed by atoms with Gasteiger partial charge >= 0.3 is 0 Å². The number of aliphatic hydroxyl groups excluding tert-OH is 1. The van der Waals surface area contributed by atoms with Crippen LogP contribution in [0, 0.1) is 5.92 Å². The average molecular weight is 301 g/mol. The third-order valence-corrected chi connectivity index (χ3v) is 3.88. The monoisotopic (exact) mass is 300 g/mol. The summed E-state index contributed by atoms with van der Waals surface area (Å²) in [6, 6.07) is 1.81. The van der Waals surface area contributed by atoms with Crippen LogP contribution in [0.5, 0.6) is 0 Å². The van der Waals surface area contributed by atoms with Gasteiger partial charge in [-0.05, 0) is 25.8 Å². The summed E-state index contributed by atoms with van der Waals surface area (Å²) >= 11 is 5.96. The van der Waals surface area contributed by atoms with Crippen LogP contribution >= 0.6 is 11.6 Å². The highest BCUT2D eigenvalue weighted by atomic mass is 35.5. The first-order chi connectivity index (χ1) is 9.40. The maximum Gasteiger partial charge on any atom is 0.268 e. The van der Waals surface area contributed by atoms with Crippen LogP contribution in [-0.2, 0) is 0 Å². The molecule has 0 saturated carbocycles. The summed E-state index contributed by atoms with van der Waals surface area (Å²) < 4.78 is 1.83. The molecule has 20 heavy (non-hydrogen) atoms. The molecule has 5 heteroatoms. The summed E-state index contributed by atoms with van der Waals surface area (Å²) in [6.07, 6.45) is 3.05. The highest BCUT2D eigenvalue weighted by Gasteiger charge is 2.19. The smallest absolute Gasteiger partial charge is 0.268 e. The molecule has 114 valence electrons. The van der Waals surface area contributed by atoms with Crippen LogP contribution in [-0.4, -0.2) is 28.2 Å². The van der Waals surface area contributed by atoms with E-state index in [0.29, 0.717) is 10.7 Å². The molecular formula is C15H25ClN2O2. The van der Waals surface area contributed by atoms with E-state index in [9.17, 15) is 9.90 Å². The van der Waals surface area contributed by atoms with E-state index in [1.807, 2.05) is 32.3 Å². The molecule has 1 aromatic heterocycles. The Morgan fingerprint density at radius 1 is 1.40 bits per heavy atom. The molecule has 1 amide bonds. The van der Waals surface area contributed by atoms with Gasteiger partial charge in [-0.2, -0.15) is 0 Å². The molecule has 0 saturated heterocycles. The molecule has 2 N–H and O–H groups in total. The number of hydrogen-bond acceptors (Lipinski definition) is 2. The minimum Gasteiger partial charge on any atom is -0.391 e. The standard InChI is InChI=1S/C15H25ClN2O2/c1-5-11(6-2)14(19)8-17-15(20)13-7-12(16)9-18(13)10(3)4/h7,9-11,14,19H,5-6,8H2,1-4H3,(H,17,20). The van der Waals surface area contributed by atoms with Crippen LogP contribution in [0.2, 0.25) is 5.02 Å². The van der Waals surface area contributed by atoms with Gasteiger partial charge in [0.2, 0.25) is 0 Å². The summed E-state index contributed by atoms with van der Waals surface area (Å²) in [5.74, 6) is 0.0198. The van der Waals surface area contributed by atoms with Gasteiger partial charge < -0.3 is 15.0 Å². The average Bonchev–Trinajstić information content (AvgIpc) is 2.79. The normalized spacial score (nSPS) is 13.0. The Kier molecular flexibility index (Phi) is 6.56. The second-order valence-electron chi connectivity index (χ2n) is 5.40. The molecular weight excluding hydrogens is 276 g/mol. The van der Waals surface area contributed by atoms with E-state index in [4.69, 9.17) is 11.6 Å². The topological polar surface area (TPSA) is 54.3 Å². The lowest BCUT2D eigenvalue weighted by Gasteiger charge is -2.20. The van der Waals surface area contributed by atoms with E-state index in [1.165, 1.54) is 0 Å². The molecule has 0 radical (unpaired) electrons. The van der Waals surface area contributed by atoms with E-state index in [0.717, 1.165) is 12.8 Å². The highest BCUT2D eigenvalue weighted by molar-refractivity contribution is 6.31. The van der Waals surface area contributed by atoms with Gasteiger partial charge in [0.25, 0.3) is 5.91 Å². The Morgan fingerprint density at radius 3 is 2.50 bits per heavy atom. The van der Waals surface area contributed by atoms with Crippen LogP contribution in [0.15, 0.2) is 12.3 Å². The lowest BCUT2D eigenvalue weighted by Crippen LogP contribution is -2.36. The zero-order chi connectivity index (χ0) is 15.3. The Morgan fingerprint density at radius 2 is 2.00 bits per heavy atom. The predicted octanol–water partition coefficient (Wildman–Crippen LogP) is 3.25. The molecule has 0 aliphatic heterocycles. The molecule has 1 unspecified atom stereocenters. The third-order valence-electron chi connectivity index (χ3n) is 3.67. The maximum atomic E-state index is 12.2. The molecule has 0 aliphatic carbocycles. The molecule has 0 aromatic carbocycles. The number of hydrogen-bond donors (Lipinski definition) is 2.